The second-order valence-electron chi connectivity index (χ2n) is 5.39. The molecule has 1 heterocycles. The molecule has 1 aromatic carbocycles. The average Bonchev–Trinajstić information content (AvgIpc) is 2.81. The molecule has 0 aliphatic carbocycles. The summed E-state index contributed by atoms with van der Waals surface area (Å²) in [5.41, 5.74) is 6.86. The van der Waals surface area contributed by atoms with E-state index in [0.717, 1.165) is 0 Å². The van der Waals surface area contributed by atoms with Gasteiger partial charge in [0.15, 0.2) is 0 Å². The zero-order chi connectivity index (χ0) is 14.9. The Morgan fingerprint density at radius 2 is 2.15 bits per heavy atom. The first-order valence-corrected chi connectivity index (χ1v) is 6.47. The molecule has 6 heteroatoms. The number of anilines is 2. The molecule has 0 radical (unpaired) electrons. The molecule has 1 fully saturated rings. The van der Waals surface area contributed by atoms with Gasteiger partial charge in [-0.2, -0.15) is 0 Å². The lowest BCUT2D eigenvalue weighted by molar-refractivity contribution is -0.128. The molecule has 6 nitrogen and oxygen atoms in total. The minimum atomic E-state index is -0.987. The highest BCUT2D eigenvalue weighted by atomic mass is 16.4. The van der Waals surface area contributed by atoms with E-state index >= 15 is 0 Å². The maximum absolute atomic E-state index is 11.9. The van der Waals surface area contributed by atoms with E-state index in [-0.39, 0.29) is 11.5 Å². The quantitative estimate of drug-likeness (QED) is 0.714. The molecule has 1 atom stereocenters. The second kappa shape index (κ2) is 5.03. The summed E-state index contributed by atoms with van der Waals surface area (Å²) in [6, 6.07) is 4.64. The highest BCUT2D eigenvalue weighted by Gasteiger charge is 2.40. The number of hydrogen-bond donors (Lipinski definition) is 3. The molecule has 0 bridgehead atoms. The molecular formula is C14H19N3O3. The number of nitrogens with two attached hydrogens (primary N) is 1. The Balaban J connectivity index is 2.28. The Labute approximate surface area is 117 Å². The maximum atomic E-state index is 11.9. The summed E-state index contributed by atoms with van der Waals surface area (Å²) < 4.78 is 0. The molecule has 1 aromatic rings. The zero-order valence-electron chi connectivity index (χ0n) is 11.6. The summed E-state index contributed by atoms with van der Waals surface area (Å²) in [6.45, 7) is 3.11. The van der Waals surface area contributed by atoms with Gasteiger partial charge in [0.1, 0.15) is 0 Å². The van der Waals surface area contributed by atoms with E-state index in [0.29, 0.717) is 30.9 Å². The van der Waals surface area contributed by atoms with Crippen LogP contribution in [0.3, 0.4) is 0 Å². The number of carboxylic acids is 1. The van der Waals surface area contributed by atoms with Crippen molar-refractivity contribution < 1.29 is 14.7 Å². The van der Waals surface area contributed by atoms with Crippen LogP contribution in [0.4, 0.5) is 11.4 Å². The minimum Gasteiger partial charge on any atom is -0.478 e. The summed E-state index contributed by atoms with van der Waals surface area (Å²) in [4.78, 5) is 24.9. The molecule has 108 valence electrons. The highest BCUT2D eigenvalue weighted by molar-refractivity contribution is 5.91. The molecule has 0 aromatic heterocycles. The van der Waals surface area contributed by atoms with Crippen molar-refractivity contribution in [1.29, 1.82) is 0 Å². The van der Waals surface area contributed by atoms with E-state index in [1.807, 2.05) is 11.8 Å². The Hall–Kier alpha value is -2.24. The number of rotatable bonds is 3. The van der Waals surface area contributed by atoms with Crippen molar-refractivity contribution in [2.45, 2.75) is 13.3 Å². The van der Waals surface area contributed by atoms with Gasteiger partial charge in [-0.1, -0.05) is 0 Å². The van der Waals surface area contributed by atoms with Crippen molar-refractivity contribution in [2.24, 2.45) is 5.41 Å². The fourth-order valence-electron chi connectivity index (χ4n) is 2.60. The molecular weight excluding hydrogens is 258 g/mol. The lowest BCUT2D eigenvalue weighted by Crippen LogP contribution is -2.39. The average molecular weight is 277 g/mol. The number of nitrogen functional groups attached to an aromatic ring is 1. The van der Waals surface area contributed by atoms with E-state index < -0.39 is 11.4 Å². The molecule has 20 heavy (non-hydrogen) atoms. The van der Waals surface area contributed by atoms with Gasteiger partial charge in [-0.05, 0) is 31.5 Å². The number of carboxylic acid groups (broad SMARTS) is 1. The van der Waals surface area contributed by atoms with Crippen LogP contribution in [-0.2, 0) is 4.79 Å². The van der Waals surface area contributed by atoms with Crippen molar-refractivity contribution >= 4 is 23.3 Å². The van der Waals surface area contributed by atoms with Crippen LogP contribution >= 0.6 is 0 Å². The van der Waals surface area contributed by atoms with Crippen molar-refractivity contribution in [3.05, 3.63) is 23.8 Å². The van der Waals surface area contributed by atoms with Crippen LogP contribution in [-0.4, -0.2) is 37.1 Å². The second-order valence-corrected chi connectivity index (χ2v) is 5.39. The molecule has 1 aliphatic rings. The standard InChI is InChI=1S/C14H19N3O3/c1-14(13(20)16-2)5-6-17(8-14)11-7-9(12(18)19)3-4-10(11)15/h3-4,7H,5-6,8,15H2,1-2H3,(H,16,20)(H,18,19). The number of carbonyl (C=O) groups excluding carboxylic acids is 1. The fourth-order valence-corrected chi connectivity index (χ4v) is 2.60. The Morgan fingerprint density at radius 1 is 1.45 bits per heavy atom. The van der Waals surface area contributed by atoms with Crippen LogP contribution < -0.4 is 16.0 Å². The van der Waals surface area contributed by atoms with Gasteiger partial charge >= 0.3 is 5.97 Å². The van der Waals surface area contributed by atoms with Crippen LogP contribution in [0.15, 0.2) is 18.2 Å². The summed E-state index contributed by atoms with van der Waals surface area (Å²) in [6.07, 6.45) is 0.712. The Morgan fingerprint density at radius 3 is 2.75 bits per heavy atom. The van der Waals surface area contributed by atoms with E-state index in [1.54, 1.807) is 19.2 Å². The van der Waals surface area contributed by atoms with Crippen LogP contribution in [0.2, 0.25) is 0 Å². The SMILES string of the molecule is CNC(=O)C1(C)CCN(c2cc(C(=O)O)ccc2N)C1. The molecule has 2 rings (SSSR count). The fraction of sp³-hybridized carbons (Fsp3) is 0.429. The molecule has 0 saturated carbocycles. The van der Waals surface area contributed by atoms with Crippen molar-refractivity contribution in [3.63, 3.8) is 0 Å². The maximum Gasteiger partial charge on any atom is 0.335 e. The van der Waals surface area contributed by atoms with Crippen LogP contribution in [0.1, 0.15) is 23.7 Å². The number of nitrogens with zero attached hydrogens (tertiary/aromatic N) is 1. The smallest absolute Gasteiger partial charge is 0.335 e. The van der Waals surface area contributed by atoms with E-state index in [4.69, 9.17) is 10.8 Å². The largest absolute Gasteiger partial charge is 0.478 e. The molecule has 1 saturated heterocycles. The summed E-state index contributed by atoms with van der Waals surface area (Å²) in [5, 5.41) is 11.7. The van der Waals surface area contributed by atoms with Gasteiger partial charge in [-0.25, -0.2) is 4.79 Å². The highest BCUT2D eigenvalue weighted by Crippen LogP contribution is 2.36. The third kappa shape index (κ3) is 2.41. The predicted molar refractivity (Wildman–Crippen MR) is 76.8 cm³/mol. The predicted octanol–water partition coefficient (Wildman–Crippen LogP) is 0.929. The summed E-state index contributed by atoms with van der Waals surface area (Å²) in [5.74, 6) is -0.993. The summed E-state index contributed by atoms with van der Waals surface area (Å²) >= 11 is 0. The normalized spacial score (nSPS) is 21.8. The molecule has 1 aliphatic heterocycles. The van der Waals surface area contributed by atoms with Crippen molar-refractivity contribution in [1.82, 2.24) is 5.32 Å². The van der Waals surface area contributed by atoms with E-state index in [9.17, 15) is 9.59 Å². The van der Waals surface area contributed by atoms with Crippen LogP contribution in [0, 0.1) is 5.41 Å². The number of nitrogens with one attached hydrogen (secondary N) is 1. The number of amides is 1. The topological polar surface area (TPSA) is 95.7 Å². The third-order valence-corrected chi connectivity index (χ3v) is 3.87. The molecule has 4 N–H and O–H groups in total. The third-order valence-electron chi connectivity index (χ3n) is 3.87. The number of carbonyl (C=O) groups is 2. The number of aromatic carboxylic acids is 1. The van der Waals surface area contributed by atoms with E-state index in [1.165, 1.54) is 6.07 Å². The molecule has 1 unspecified atom stereocenters. The zero-order valence-corrected chi connectivity index (χ0v) is 11.6. The van der Waals surface area contributed by atoms with Gasteiger partial charge in [-0.15, -0.1) is 0 Å². The Bertz CT molecular complexity index is 559. The Kier molecular flexibility index (Phi) is 3.57. The van der Waals surface area contributed by atoms with Crippen molar-refractivity contribution in [2.75, 3.05) is 30.8 Å². The summed E-state index contributed by atoms with van der Waals surface area (Å²) in [7, 11) is 1.62. The minimum absolute atomic E-state index is 0.00652. The van der Waals surface area contributed by atoms with Gasteiger partial charge in [0.05, 0.1) is 22.4 Å². The number of hydrogen-bond acceptors (Lipinski definition) is 4. The van der Waals surface area contributed by atoms with Gasteiger partial charge in [-0.3, -0.25) is 4.79 Å². The molecule has 1 amide bonds. The first-order chi connectivity index (χ1) is 9.37. The molecule has 0 spiro atoms. The lowest BCUT2D eigenvalue weighted by Gasteiger charge is -2.25. The first kappa shape index (κ1) is 14.2. The van der Waals surface area contributed by atoms with E-state index in [2.05, 4.69) is 5.32 Å². The van der Waals surface area contributed by atoms with Gasteiger partial charge < -0.3 is 21.1 Å². The van der Waals surface area contributed by atoms with Crippen LogP contribution in [0.5, 0.6) is 0 Å². The van der Waals surface area contributed by atoms with Crippen LogP contribution in [0.25, 0.3) is 0 Å². The van der Waals surface area contributed by atoms with Gasteiger partial charge in [0.25, 0.3) is 0 Å². The van der Waals surface area contributed by atoms with Gasteiger partial charge in [0.2, 0.25) is 5.91 Å². The van der Waals surface area contributed by atoms with Gasteiger partial charge in [0, 0.05) is 20.1 Å². The number of benzene rings is 1. The first-order valence-electron chi connectivity index (χ1n) is 6.47. The lowest BCUT2D eigenvalue weighted by atomic mass is 9.89. The monoisotopic (exact) mass is 277 g/mol. The van der Waals surface area contributed by atoms with Crippen molar-refractivity contribution in [3.8, 4) is 0 Å².